The van der Waals surface area contributed by atoms with Gasteiger partial charge in [-0.15, -0.1) is 0 Å². The molecule has 2 rings (SSSR count). The first-order valence-corrected chi connectivity index (χ1v) is 5.89. The van der Waals surface area contributed by atoms with Gasteiger partial charge >= 0.3 is 5.97 Å². The minimum atomic E-state index is -0.845. The Hall–Kier alpha value is -1.98. The lowest BCUT2D eigenvalue weighted by Gasteiger charge is -2.12. The highest BCUT2D eigenvalue weighted by atomic mass is 16.4. The van der Waals surface area contributed by atoms with Crippen molar-refractivity contribution in [3.8, 4) is 0 Å². The number of carbonyl (C=O) groups excluding carboxylic acids is 1. The third-order valence-corrected chi connectivity index (χ3v) is 3.27. The molecule has 1 amide bonds. The molecule has 0 aromatic carbocycles. The fraction of sp³-hybridized carbons (Fsp3) is 0.500. The Morgan fingerprint density at radius 1 is 1.50 bits per heavy atom. The van der Waals surface area contributed by atoms with Crippen LogP contribution < -0.4 is 5.32 Å². The van der Waals surface area contributed by atoms with Crippen LogP contribution in [0.3, 0.4) is 0 Å². The maximum Gasteiger partial charge on any atom is 0.311 e. The maximum absolute atomic E-state index is 11.9. The normalized spacial score (nSPS) is 16.1. The van der Waals surface area contributed by atoms with E-state index in [4.69, 9.17) is 5.11 Å². The molecular weight excluding hydrogens is 234 g/mol. The molecule has 18 heavy (non-hydrogen) atoms. The zero-order valence-corrected chi connectivity index (χ0v) is 10.1. The molecule has 96 valence electrons. The molecule has 0 radical (unpaired) electrons. The summed E-state index contributed by atoms with van der Waals surface area (Å²) in [5, 5.41) is 11.7. The predicted molar refractivity (Wildman–Crippen MR) is 63.0 cm³/mol. The molecule has 1 aliphatic rings. The highest BCUT2D eigenvalue weighted by Crippen LogP contribution is 2.45. The van der Waals surface area contributed by atoms with Crippen molar-refractivity contribution in [2.45, 2.75) is 26.2 Å². The standard InChI is InChI=1S/C12H15N3O3/c1-2-9-8(5-13-7-15-9)10(16)14-6-12(3-4-12)11(17)18/h5,7H,2-4,6H2,1H3,(H,14,16)(H,17,18). The van der Waals surface area contributed by atoms with Gasteiger partial charge in [-0.2, -0.15) is 0 Å². The van der Waals surface area contributed by atoms with Crippen molar-refractivity contribution in [1.82, 2.24) is 15.3 Å². The molecule has 1 heterocycles. The van der Waals surface area contributed by atoms with E-state index in [0.717, 1.165) is 0 Å². The Morgan fingerprint density at radius 2 is 2.22 bits per heavy atom. The van der Waals surface area contributed by atoms with Crippen molar-refractivity contribution in [3.63, 3.8) is 0 Å². The highest BCUT2D eigenvalue weighted by Gasteiger charge is 2.50. The number of hydrogen-bond donors (Lipinski definition) is 2. The predicted octanol–water partition coefficient (Wildman–Crippen LogP) is 0.634. The fourth-order valence-electron chi connectivity index (χ4n) is 1.79. The molecule has 1 fully saturated rings. The van der Waals surface area contributed by atoms with Crippen molar-refractivity contribution in [1.29, 1.82) is 0 Å². The third-order valence-electron chi connectivity index (χ3n) is 3.27. The first kappa shape index (κ1) is 12.5. The molecular formula is C12H15N3O3. The van der Waals surface area contributed by atoms with E-state index in [2.05, 4.69) is 15.3 Å². The maximum atomic E-state index is 11.9. The second-order valence-corrected chi connectivity index (χ2v) is 4.50. The van der Waals surface area contributed by atoms with E-state index in [-0.39, 0.29) is 12.5 Å². The van der Waals surface area contributed by atoms with Crippen LogP contribution in [0.15, 0.2) is 12.5 Å². The number of rotatable bonds is 5. The van der Waals surface area contributed by atoms with E-state index < -0.39 is 11.4 Å². The van der Waals surface area contributed by atoms with Gasteiger partial charge in [-0.05, 0) is 19.3 Å². The number of aliphatic carboxylic acids is 1. The zero-order chi connectivity index (χ0) is 13.2. The molecule has 2 N–H and O–H groups in total. The van der Waals surface area contributed by atoms with Gasteiger partial charge in [0.15, 0.2) is 0 Å². The molecule has 0 aliphatic heterocycles. The molecule has 0 spiro atoms. The monoisotopic (exact) mass is 249 g/mol. The molecule has 0 unspecified atom stereocenters. The summed E-state index contributed by atoms with van der Waals surface area (Å²) in [6.07, 6.45) is 4.73. The number of amides is 1. The van der Waals surface area contributed by atoms with Crippen molar-refractivity contribution in [3.05, 3.63) is 23.8 Å². The Bertz CT molecular complexity index is 483. The van der Waals surface area contributed by atoms with Gasteiger partial charge in [0.05, 0.1) is 16.7 Å². The van der Waals surface area contributed by atoms with E-state index >= 15 is 0 Å². The van der Waals surface area contributed by atoms with Gasteiger partial charge in [0.1, 0.15) is 6.33 Å². The van der Waals surface area contributed by atoms with E-state index in [1.807, 2.05) is 6.92 Å². The van der Waals surface area contributed by atoms with Gasteiger partial charge in [0.2, 0.25) is 0 Å². The number of aryl methyl sites for hydroxylation is 1. The Labute approximate surface area is 104 Å². The molecule has 1 aliphatic carbocycles. The molecule has 1 saturated carbocycles. The molecule has 0 atom stereocenters. The quantitative estimate of drug-likeness (QED) is 0.798. The minimum Gasteiger partial charge on any atom is -0.481 e. The van der Waals surface area contributed by atoms with Crippen LogP contribution in [0.1, 0.15) is 35.8 Å². The number of carboxylic acids is 1. The summed E-state index contributed by atoms with van der Waals surface area (Å²) < 4.78 is 0. The summed E-state index contributed by atoms with van der Waals surface area (Å²) >= 11 is 0. The van der Waals surface area contributed by atoms with Crippen molar-refractivity contribution >= 4 is 11.9 Å². The zero-order valence-electron chi connectivity index (χ0n) is 10.1. The Morgan fingerprint density at radius 3 is 2.78 bits per heavy atom. The van der Waals surface area contributed by atoms with Gasteiger partial charge in [-0.25, -0.2) is 9.97 Å². The fourth-order valence-corrected chi connectivity index (χ4v) is 1.79. The molecule has 1 aromatic heterocycles. The summed E-state index contributed by atoms with van der Waals surface area (Å²) in [6.45, 7) is 2.07. The number of aromatic nitrogens is 2. The largest absolute Gasteiger partial charge is 0.481 e. The van der Waals surface area contributed by atoms with Crippen LogP contribution in [0.5, 0.6) is 0 Å². The SMILES string of the molecule is CCc1ncncc1C(=O)NCC1(C(=O)O)CC1. The smallest absolute Gasteiger partial charge is 0.311 e. The average Bonchev–Trinajstić information content (AvgIpc) is 3.17. The van der Waals surface area contributed by atoms with Crippen LogP contribution in [-0.4, -0.2) is 33.5 Å². The number of hydrogen-bond acceptors (Lipinski definition) is 4. The second kappa shape index (κ2) is 4.72. The van der Waals surface area contributed by atoms with Crippen LogP contribution in [0.25, 0.3) is 0 Å². The van der Waals surface area contributed by atoms with E-state index in [0.29, 0.717) is 30.5 Å². The van der Waals surface area contributed by atoms with E-state index in [9.17, 15) is 9.59 Å². The minimum absolute atomic E-state index is 0.166. The van der Waals surface area contributed by atoms with Crippen LogP contribution >= 0.6 is 0 Å². The lowest BCUT2D eigenvalue weighted by molar-refractivity contribution is -0.143. The molecule has 6 heteroatoms. The van der Waals surface area contributed by atoms with Crippen LogP contribution in [0.4, 0.5) is 0 Å². The second-order valence-electron chi connectivity index (χ2n) is 4.50. The van der Waals surface area contributed by atoms with Gasteiger partial charge < -0.3 is 10.4 Å². The summed E-state index contributed by atoms with van der Waals surface area (Å²) in [5.74, 6) is -1.15. The molecule has 0 saturated heterocycles. The number of carboxylic acid groups (broad SMARTS) is 1. The highest BCUT2D eigenvalue weighted by molar-refractivity contribution is 5.95. The van der Waals surface area contributed by atoms with Crippen molar-refractivity contribution in [2.75, 3.05) is 6.54 Å². The summed E-state index contributed by atoms with van der Waals surface area (Å²) in [7, 11) is 0. The van der Waals surface area contributed by atoms with Gasteiger partial charge in [0.25, 0.3) is 5.91 Å². The van der Waals surface area contributed by atoms with Crippen molar-refractivity contribution < 1.29 is 14.7 Å². The topological polar surface area (TPSA) is 92.2 Å². The molecule has 0 bridgehead atoms. The first-order chi connectivity index (χ1) is 8.59. The van der Waals surface area contributed by atoms with Gasteiger partial charge in [-0.1, -0.05) is 6.92 Å². The lowest BCUT2D eigenvalue weighted by Crippen LogP contribution is -2.34. The number of nitrogens with one attached hydrogen (secondary N) is 1. The summed E-state index contributed by atoms with van der Waals surface area (Å²) in [5.41, 5.74) is 0.335. The third kappa shape index (κ3) is 2.32. The Balaban J connectivity index is 2.02. The summed E-state index contributed by atoms with van der Waals surface area (Å²) in [6, 6.07) is 0. The number of nitrogens with zero attached hydrogens (tertiary/aromatic N) is 2. The molecule has 6 nitrogen and oxygen atoms in total. The van der Waals surface area contributed by atoms with E-state index in [1.54, 1.807) is 0 Å². The van der Waals surface area contributed by atoms with Gasteiger partial charge in [-0.3, -0.25) is 9.59 Å². The van der Waals surface area contributed by atoms with Crippen LogP contribution in [-0.2, 0) is 11.2 Å². The lowest BCUT2D eigenvalue weighted by atomic mass is 10.1. The molecule has 1 aromatic rings. The van der Waals surface area contributed by atoms with Crippen LogP contribution in [0, 0.1) is 5.41 Å². The van der Waals surface area contributed by atoms with Gasteiger partial charge in [0, 0.05) is 12.7 Å². The first-order valence-electron chi connectivity index (χ1n) is 5.89. The average molecular weight is 249 g/mol. The number of carbonyl (C=O) groups is 2. The van der Waals surface area contributed by atoms with Crippen molar-refractivity contribution in [2.24, 2.45) is 5.41 Å². The Kier molecular flexibility index (Phi) is 3.27. The van der Waals surface area contributed by atoms with E-state index in [1.165, 1.54) is 12.5 Å². The van der Waals surface area contributed by atoms with Crippen LogP contribution in [0.2, 0.25) is 0 Å². The summed E-state index contributed by atoms with van der Waals surface area (Å²) in [4.78, 5) is 30.8.